The predicted molar refractivity (Wildman–Crippen MR) is 99.9 cm³/mol. The summed E-state index contributed by atoms with van der Waals surface area (Å²) < 4.78 is 39.2. The average Bonchev–Trinajstić information content (AvgIpc) is 3.33. The van der Waals surface area contributed by atoms with E-state index in [2.05, 4.69) is 4.98 Å². The normalized spacial score (nSPS) is 17.6. The van der Waals surface area contributed by atoms with Crippen molar-refractivity contribution in [2.24, 2.45) is 0 Å². The molecule has 1 N–H and O–H groups in total. The summed E-state index contributed by atoms with van der Waals surface area (Å²) in [5, 5.41) is 0. The van der Waals surface area contributed by atoms with Crippen LogP contribution in [0, 0.1) is 5.82 Å². The molecule has 0 saturated carbocycles. The number of amides is 1. The van der Waals surface area contributed by atoms with E-state index in [1.807, 2.05) is 23.2 Å². The van der Waals surface area contributed by atoms with Gasteiger partial charge in [0.2, 0.25) is 15.9 Å². The summed E-state index contributed by atoms with van der Waals surface area (Å²) in [6.07, 6.45) is 4.48. The second-order valence-corrected chi connectivity index (χ2v) is 8.80. The Hall–Kier alpha value is -2.19. The lowest BCUT2D eigenvalue weighted by molar-refractivity contribution is -0.132. The zero-order chi connectivity index (χ0) is 19.4. The predicted octanol–water partition coefficient (Wildman–Crippen LogP) is 2.92. The van der Waals surface area contributed by atoms with Crippen molar-refractivity contribution in [1.82, 2.24) is 14.2 Å². The lowest BCUT2D eigenvalue weighted by atomic mass is 10.1. The number of carbonyl (C=O) groups excluding carboxylic acids is 1. The molecule has 6 nitrogen and oxygen atoms in total. The van der Waals surface area contributed by atoms with Gasteiger partial charge in [-0.15, -0.1) is 0 Å². The van der Waals surface area contributed by atoms with E-state index in [1.165, 1.54) is 23.5 Å². The van der Waals surface area contributed by atoms with Crippen LogP contribution in [0.3, 0.4) is 0 Å². The Morgan fingerprint density at radius 1 is 1.30 bits per heavy atom. The van der Waals surface area contributed by atoms with Gasteiger partial charge in [0.05, 0.1) is 10.9 Å². The van der Waals surface area contributed by atoms with Crippen molar-refractivity contribution in [2.75, 3.05) is 20.1 Å². The van der Waals surface area contributed by atoms with Gasteiger partial charge in [0, 0.05) is 38.4 Å². The highest BCUT2D eigenvalue weighted by Gasteiger charge is 2.30. The van der Waals surface area contributed by atoms with E-state index < -0.39 is 15.8 Å². The van der Waals surface area contributed by atoms with Crippen LogP contribution in [0.5, 0.6) is 0 Å². The Balaban J connectivity index is 1.54. The van der Waals surface area contributed by atoms with E-state index in [9.17, 15) is 17.6 Å². The van der Waals surface area contributed by atoms with Crippen LogP contribution in [-0.2, 0) is 14.8 Å². The molecule has 2 aromatic rings. The van der Waals surface area contributed by atoms with Gasteiger partial charge in [0.25, 0.3) is 0 Å². The number of nitrogens with one attached hydrogen (secondary N) is 1. The minimum Gasteiger partial charge on any atom is -0.363 e. The maximum absolute atomic E-state index is 13.0. The number of hydrogen-bond acceptors (Lipinski definition) is 3. The molecule has 3 rings (SSSR count). The minimum absolute atomic E-state index is 0.0414. The van der Waals surface area contributed by atoms with Crippen LogP contribution in [0.1, 0.15) is 37.4 Å². The largest absolute Gasteiger partial charge is 0.363 e. The number of sulfonamides is 1. The first-order chi connectivity index (χ1) is 12.9. The molecule has 1 aromatic heterocycles. The van der Waals surface area contributed by atoms with Crippen LogP contribution in [0.4, 0.5) is 4.39 Å². The molecule has 146 valence electrons. The monoisotopic (exact) mass is 393 g/mol. The van der Waals surface area contributed by atoms with Crippen molar-refractivity contribution in [2.45, 2.75) is 36.6 Å². The Bertz CT molecular complexity index is 866. The first-order valence-electron chi connectivity index (χ1n) is 9.04. The third-order valence-electron chi connectivity index (χ3n) is 4.94. The van der Waals surface area contributed by atoms with Crippen molar-refractivity contribution in [3.05, 3.63) is 54.1 Å². The number of hydrogen-bond donors (Lipinski definition) is 1. The number of aromatic nitrogens is 1. The average molecular weight is 393 g/mol. The maximum Gasteiger partial charge on any atom is 0.242 e. The molecule has 1 saturated heterocycles. The molecule has 1 atom stereocenters. The lowest BCUT2D eigenvalue weighted by Crippen LogP contribution is -2.32. The van der Waals surface area contributed by atoms with Gasteiger partial charge < -0.3 is 9.88 Å². The van der Waals surface area contributed by atoms with Gasteiger partial charge >= 0.3 is 0 Å². The molecule has 1 aliphatic rings. The molecule has 8 heteroatoms. The number of rotatable bonds is 7. The van der Waals surface area contributed by atoms with E-state index in [1.54, 1.807) is 0 Å². The quantitative estimate of drug-likeness (QED) is 0.786. The van der Waals surface area contributed by atoms with Gasteiger partial charge in [-0.2, -0.15) is 0 Å². The molecule has 1 fully saturated rings. The van der Waals surface area contributed by atoms with Crippen LogP contribution >= 0.6 is 0 Å². The topological polar surface area (TPSA) is 73.5 Å². The number of halogens is 1. The molecule has 0 spiro atoms. The number of aromatic amines is 1. The number of carbonyl (C=O) groups is 1. The van der Waals surface area contributed by atoms with E-state index in [0.717, 1.165) is 37.2 Å². The highest BCUT2D eigenvalue weighted by molar-refractivity contribution is 7.89. The molecule has 1 amide bonds. The summed E-state index contributed by atoms with van der Waals surface area (Å²) in [4.78, 5) is 17.7. The van der Waals surface area contributed by atoms with Crippen molar-refractivity contribution in [1.29, 1.82) is 0 Å². The summed E-state index contributed by atoms with van der Waals surface area (Å²) >= 11 is 0. The van der Waals surface area contributed by atoms with Crippen LogP contribution in [0.25, 0.3) is 0 Å². The molecular weight excluding hydrogens is 369 g/mol. The van der Waals surface area contributed by atoms with Gasteiger partial charge in [-0.3, -0.25) is 4.79 Å². The molecule has 1 unspecified atom stereocenters. The fourth-order valence-corrected chi connectivity index (χ4v) is 4.65. The third kappa shape index (κ3) is 4.39. The van der Waals surface area contributed by atoms with Crippen molar-refractivity contribution < 1.29 is 17.6 Å². The number of nitrogens with zero attached hydrogens (tertiary/aromatic N) is 2. The van der Waals surface area contributed by atoms with E-state index in [4.69, 9.17) is 0 Å². The highest BCUT2D eigenvalue weighted by Crippen LogP contribution is 2.31. The Kier molecular flexibility index (Phi) is 5.96. The molecule has 0 aliphatic carbocycles. The summed E-state index contributed by atoms with van der Waals surface area (Å²) in [7, 11) is -2.21. The highest BCUT2D eigenvalue weighted by atomic mass is 32.2. The van der Waals surface area contributed by atoms with Crippen LogP contribution in [0.15, 0.2) is 47.5 Å². The zero-order valence-corrected chi connectivity index (χ0v) is 16.1. The second kappa shape index (κ2) is 8.22. The Labute approximate surface area is 159 Å². The van der Waals surface area contributed by atoms with Crippen LogP contribution in [-0.4, -0.2) is 48.7 Å². The first kappa shape index (κ1) is 19.6. The van der Waals surface area contributed by atoms with E-state index in [0.29, 0.717) is 12.8 Å². The minimum atomic E-state index is -3.68. The van der Waals surface area contributed by atoms with Crippen molar-refractivity contribution in [3.63, 3.8) is 0 Å². The molecule has 1 aromatic carbocycles. The molecule has 0 radical (unpaired) electrons. The van der Waals surface area contributed by atoms with Crippen LogP contribution < -0.4 is 0 Å². The first-order valence-corrected chi connectivity index (χ1v) is 10.5. The number of H-pyrrole nitrogens is 1. The van der Waals surface area contributed by atoms with E-state index in [-0.39, 0.29) is 23.4 Å². The fraction of sp³-hybridized carbons (Fsp3) is 0.421. The lowest BCUT2D eigenvalue weighted by Gasteiger charge is -2.24. The molecular formula is C19H24FN3O3S. The third-order valence-corrected chi connectivity index (χ3v) is 6.81. The smallest absolute Gasteiger partial charge is 0.242 e. The Morgan fingerprint density at radius 2 is 2.04 bits per heavy atom. The number of benzene rings is 1. The van der Waals surface area contributed by atoms with Gasteiger partial charge in [0.15, 0.2) is 0 Å². The SMILES string of the molecule is CN(CCCC(=O)N1CCCC1c1ccc[nH]1)S(=O)(=O)c1ccc(F)cc1. The molecule has 27 heavy (non-hydrogen) atoms. The second-order valence-electron chi connectivity index (χ2n) is 6.75. The summed E-state index contributed by atoms with van der Waals surface area (Å²) in [5.74, 6) is -0.441. The Morgan fingerprint density at radius 3 is 2.70 bits per heavy atom. The summed E-state index contributed by atoms with van der Waals surface area (Å²) in [6.45, 7) is 0.957. The molecule has 0 bridgehead atoms. The van der Waals surface area contributed by atoms with E-state index >= 15 is 0 Å². The standard InChI is InChI=1S/C19H24FN3O3S/c1-22(27(25,26)16-10-8-15(20)9-11-16)13-4-7-19(24)23-14-3-6-18(23)17-5-2-12-21-17/h2,5,8-12,18,21H,3-4,6-7,13-14H2,1H3. The molecule has 2 heterocycles. The van der Waals surface area contributed by atoms with Gasteiger partial charge in [-0.25, -0.2) is 17.1 Å². The van der Waals surface area contributed by atoms with Gasteiger partial charge in [0.1, 0.15) is 5.82 Å². The van der Waals surface area contributed by atoms with Gasteiger partial charge in [-0.05, 0) is 55.7 Å². The van der Waals surface area contributed by atoms with Crippen LogP contribution in [0.2, 0.25) is 0 Å². The number of likely N-dealkylation sites (tertiary alicyclic amines) is 1. The molecule has 1 aliphatic heterocycles. The maximum atomic E-state index is 13.0. The van der Waals surface area contributed by atoms with Crippen molar-refractivity contribution in [3.8, 4) is 0 Å². The van der Waals surface area contributed by atoms with Gasteiger partial charge in [-0.1, -0.05) is 0 Å². The summed E-state index contributed by atoms with van der Waals surface area (Å²) in [6, 6.07) is 8.73. The zero-order valence-electron chi connectivity index (χ0n) is 15.3. The fourth-order valence-electron chi connectivity index (χ4n) is 3.44. The summed E-state index contributed by atoms with van der Waals surface area (Å²) in [5.41, 5.74) is 1.04. The van der Waals surface area contributed by atoms with Crippen molar-refractivity contribution >= 4 is 15.9 Å².